The van der Waals surface area contributed by atoms with Crippen molar-refractivity contribution >= 4 is 21.6 Å². The number of benzene rings is 1. The maximum absolute atomic E-state index is 5.83. The maximum Gasteiger partial charge on any atom is 0.0750 e. The number of nitrogens with zero attached hydrogens (tertiary/aromatic N) is 1. The van der Waals surface area contributed by atoms with E-state index in [0.717, 1.165) is 23.1 Å². The van der Waals surface area contributed by atoms with Crippen LogP contribution < -0.4 is 10.6 Å². The Morgan fingerprint density at radius 3 is 2.88 bits per heavy atom. The van der Waals surface area contributed by atoms with Crippen LogP contribution in [0.25, 0.3) is 0 Å². The van der Waals surface area contributed by atoms with Crippen molar-refractivity contribution in [2.45, 2.75) is 32.0 Å². The van der Waals surface area contributed by atoms with E-state index in [1.54, 1.807) is 0 Å². The Bertz CT molecular complexity index is 397. The highest BCUT2D eigenvalue weighted by atomic mass is 79.9. The predicted octanol–water partition coefficient (Wildman–Crippen LogP) is 2.52. The van der Waals surface area contributed by atoms with Crippen LogP contribution in [-0.2, 0) is 11.3 Å². The molecule has 1 heterocycles. The van der Waals surface area contributed by atoms with E-state index in [1.165, 1.54) is 5.69 Å². The lowest BCUT2D eigenvalue weighted by molar-refractivity contribution is 0.118. The van der Waals surface area contributed by atoms with Gasteiger partial charge >= 0.3 is 0 Å². The molecule has 2 N–H and O–H groups in total. The number of hydrogen-bond donors (Lipinski definition) is 1. The van der Waals surface area contributed by atoms with E-state index in [0.29, 0.717) is 12.6 Å². The van der Waals surface area contributed by atoms with E-state index >= 15 is 0 Å². The minimum Gasteiger partial charge on any atom is -0.376 e. The van der Waals surface area contributed by atoms with Crippen molar-refractivity contribution in [2.75, 3.05) is 18.6 Å². The molecule has 0 saturated carbocycles. The van der Waals surface area contributed by atoms with Crippen LogP contribution in [0.2, 0.25) is 0 Å². The summed E-state index contributed by atoms with van der Waals surface area (Å²) in [6, 6.07) is 6.65. The second kappa shape index (κ2) is 5.38. The number of halogens is 1. The highest BCUT2D eigenvalue weighted by Crippen LogP contribution is 2.31. The largest absolute Gasteiger partial charge is 0.376 e. The van der Waals surface area contributed by atoms with Crippen LogP contribution in [-0.4, -0.2) is 25.8 Å². The topological polar surface area (TPSA) is 38.5 Å². The first kappa shape index (κ1) is 12.9. The minimum atomic E-state index is 0.282. The number of likely N-dealkylation sites (N-methyl/N-ethyl adjacent to an activating group) is 1. The minimum absolute atomic E-state index is 0.282. The summed E-state index contributed by atoms with van der Waals surface area (Å²) in [6.45, 7) is 3.53. The molecule has 1 aromatic carbocycles. The van der Waals surface area contributed by atoms with Crippen molar-refractivity contribution in [3.05, 3.63) is 28.2 Å². The number of rotatable bonds is 3. The van der Waals surface area contributed by atoms with Gasteiger partial charge in [-0.15, -0.1) is 0 Å². The molecule has 3 nitrogen and oxygen atoms in total. The zero-order chi connectivity index (χ0) is 12.4. The SMILES string of the molecule is CC1OCCC1N(C)c1cccc(Br)c1CN. The Labute approximate surface area is 111 Å². The lowest BCUT2D eigenvalue weighted by Gasteiger charge is -2.30. The Morgan fingerprint density at radius 2 is 2.29 bits per heavy atom. The monoisotopic (exact) mass is 298 g/mol. The van der Waals surface area contributed by atoms with E-state index in [1.807, 2.05) is 6.07 Å². The summed E-state index contributed by atoms with van der Waals surface area (Å²) in [7, 11) is 2.12. The van der Waals surface area contributed by atoms with Crippen molar-refractivity contribution in [1.29, 1.82) is 0 Å². The predicted molar refractivity (Wildman–Crippen MR) is 74.3 cm³/mol. The summed E-state index contributed by atoms with van der Waals surface area (Å²) in [4.78, 5) is 2.30. The van der Waals surface area contributed by atoms with Gasteiger partial charge in [0.15, 0.2) is 0 Å². The fraction of sp³-hybridized carbons (Fsp3) is 0.538. The zero-order valence-electron chi connectivity index (χ0n) is 10.3. The molecule has 0 radical (unpaired) electrons. The van der Waals surface area contributed by atoms with Crippen LogP contribution in [0.15, 0.2) is 22.7 Å². The molecule has 0 aliphatic carbocycles. The van der Waals surface area contributed by atoms with E-state index in [2.05, 4.69) is 46.9 Å². The van der Waals surface area contributed by atoms with Gasteiger partial charge in [-0.3, -0.25) is 0 Å². The number of nitrogens with two attached hydrogens (primary N) is 1. The molecule has 1 saturated heterocycles. The molecule has 94 valence electrons. The number of ether oxygens (including phenoxy) is 1. The summed E-state index contributed by atoms with van der Waals surface area (Å²) >= 11 is 3.56. The van der Waals surface area contributed by atoms with Crippen molar-refractivity contribution in [3.8, 4) is 0 Å². The van der Waals surface area contributed by atoms with Crippen molar-refractivity contribution in [2.24, 2.45) is 5.73 Å². The highest BCUT2D eigenvalue weighted by molar-refractivity contribution is 9.10. The van der Waals surface area contributed by atoms with Gasteiger partial charge in [0.25, 0.3) is 0 Å². The molecule has 0 aromatic heterocycles. The molecule has 2 rings (SSSR count). The number of hydrogen-bond acceptors (Lipinski definition) is 3. The Balaban J connectivity index is 2.30. The van der Waals surface area contributed by atoms with Crippen molar-refractivity contribution < 1.29 is 4.74 Å². The Kier molecular flexibility index (Phi) is 4.07. The molecule has 2 unspecified atom stereocenters. The van der Waals surface area contributed by atoms with Crippen LogP contribution in [0.5, 0.6) is 0 Å². The summed E-state index contributed by atoms with van der Waals surface area (Å²) < 4.78 is 6.71. The maximum atomic E-state index is 5.83. The highest BCUT2D eigenvalue weighted by Gasteiger charge is 2.29. The van der Waals surface area contributed by atoms with Gasteiger partial charge in [-0.05, 0) is 25.5 Å². The molecular weight excluding hydrogens is 280 g/mol. The van der Waals surface area contributed by atoms with Crippen molar-refractivity contribution in [3.63, 3.8) is 0 Å². The Hall–Kier alpha value is -0.580. The van der Waals surface area contributed by atoms with Crippen LogP contribution in [0.1, 0.15) is 18.9 Å². The molecule has 0 amide bonds. The van der Waals surface area contributed by atoms with Crippen LogP contribution in [0.3, 0.4) is 0 Å². The lowest BCUT2D eigenvalue weighted by atomic mass is 10.1. The second-order valence-corrected chi connectivity index (χ2v) is 5.34. The first-order valence-corrected chi connectivity index (χ1v) is 6.76. The normalized spacial score (nSPS) is 24.0. The molecule has 17 heavy (non-hydrogen) atoms. The first-order chi connectivity index (χ1) is 8.15. The van der Waals surface area contributed by atoms with E-state index in [9.17, 15) is 0 Å². The molecule has 2 atom stereocenters. The third kappa shape index (κ3) is 2.49. The summed E-state index contributed by atoms with van der Waals surface area (Å²) in [5.41, 5.74) is 8.19. The second-order valence-electron chi connectivity index (χ2n) is 4.48. The van der Waals surface area contributed by atoms with Gasteiger partial charge in [0, 0.05) is 35.9 Å². The van der Waals surface area contributed by atoms with Gasteiger partial charge in [-0.25, -0.2) is 0 Å². The molecule has 1 aliphatic heterocycles. The molecule has 0 bridgehead atoms. The van der Waals surface area contributed by atoms with Gasteiger partial charge < -0.3 is 15.4 Å². The standard InChI is InChI=1S/C13H19BrN2O/c1-9-12(6-7-17-9)16(2)13-5-3-4-11(14)10(13)8-15/h3-5,9,12H,6-8,15H2,1-2H3. The fourth-order valence-electron chi connectivity index (χ4n) is 2.49. The van der Waals surface area contributed by atoms with E-state index in [4.69, 9.17) is 10.5 Å². The summed E-state index contributed by atoms with van der Waals surface area (Å²) in [5.74, 6) is 0. The van der Waals surface area contributed by atoms with Crippen molar-refractivity contribution in [1.82, 2.24) is 0 Å². The summed E-state index contributed by atoms with van der Waals surface area (Å²) in [5, 5.41) is 0. The van der Waals surface area contributed by atoms with Gasteiger partial charge in [-0.2, -0.15) is 0 Å². The first-order valence-electron chi connectivity index (χ1n) is 5.97. The van der Waals surface area contributed by atoms with Gasteiger partial charge in [0.2, 0.25) is 0 Å². The van der Waals surface area contributed by atoms with Gasteiger partial charge in [0.1, 0.15) is 0 Å². The summed E-state index contributed by atoms with van der Waals surface area (Å²) in [6.07, 6.45) is 1.36. The fourth-order valence-corrected chi connectivity index (χ4v) is 3.01. The quantitative estimate of drug-likeness (QED) is 0.932. The van der Waals surface area contributed by atoms with Crippen LogP contribution in [0, 0.1) is 0 Å². The molecular formula is C13H19BrN2O. The third-order valence-corrected chi connectivity index (χ3v) is 4.25. The Morgan fingerprint density at radius 1 is 1.53 bits per heavy atom. The lowest BCUT2D eigenvalue weighted by Crippen LogP contribution is -2.37. The average Bonchev–Trinajstić information content (AvgIpc) is 2.74. The van der Waals surface area contributed by atoms with Crippen LogP contribution >= 0.6 is 15.9 Å². The number of anilines is 1. The van der Waals surface area contributed by atoms with Gasteiger partial charge in [-0.1, -0.05) is 22.0 Å². The molecule has 1 aromatic rings. The van der Waals surface area contributed by atoms with Crippen LogP contribution in [0.4, 0.5) is 5.69 Å². The molecule has 0 spiro atoms. The van der Waals surface area contributed by atoms with E-state index < -0.39 is 0 Å². The smallest absolute Gasteiger partial charge is 0.0750 e. The zero-order valence-corrected chi connectivity index (χ0v) is 11.9. The molecule has 1 fully saturated rings. The van der Waals surface area contributed by atoms with Gasteiger partial charge in [0.05, 0.1) is 12.1 Å². The third-order valence-electron chi connectivity index (χ3n) is 3.51. The van der Waals surface area contributed by atoms with E-state index in [-0.39, 0.29) is 6.10 Å². The molecule has 1 aliphatic rings. The molecule has 4 heteroatoms. The average molecular weight is 299 g/mol.